The van der Waals surface area contributed by atoms with Crippen molar-refractivity contribution < 1.29 is 14.3 Å². The summed E-state index contributed by atoms with van der Waals surface area (Å²) in [5, 5.41) is 8.97. The molecule has 2 N–H and O–H groups in total. The number of aliphatic imine (C=N–C) groups is 1. The number of hydrogen-bond acceptors (Lipinski definition) is 6. The second-order valence-corrected chi connectivity index (χ2v) is 9.00. The lowest BCUT2D eigenvalue weighted by molar-refractivity contribution is -0.120. The number of methoxy groups -OCH3 is 1. The van der Waals surface area contributed by atoms with Gasteiger partial charge in [-0.05, 0) is 36.1 Å². The number of halogens is 1. The molecule has 0 aromatic heterocycles. The average molecular weight is 497 g/mol. The third-order valence-electron chi connectivity index (χ3n) is 5.45. The molecular weight excluding hydrogens is 472 g/mol. The van der Waals surface area contributed by atoms with Crippen LogP contribution in [0.4, 0.5) is 5.69 Å². The molecule has 0 saturated heterocycles. The number of benzene rings is 2. The highest BCUT2D eigenvalue weighted by Gasteiger charge is 2.41. The molecule has 1 atom stereocenters. The molecular formula is C25H25ClN4O3S. The van der Waals surface area contributed by atoms with Crippen LogP contribution in [0.25, 0.3) is 0 Å². The Morgan fingerprint density at radius 2 is 1.88 bits per heavy atom. The molecule has 0 radical (unpaired) electrons. The number of rotatable bonds is 8. The molecule has 2 aliphatic rings. The van der Waals surface area contributed by atoms with Crippen LogP contribution in [0.2, 0.25) is 5.02 Å². The number of amides is 2. The van der Waals surface area contributed by atoms with Gasteiger partial charge in [0.25, 0.3) is 5.91 Å². The molecule has 1 unspecified atom stereocenters. The fourth-order valence-corrected chi connectivity index (χ4v) is 5.09. The van der Waals surface area contributed by atoms with E-state index in [9.17, 15) is 9.59 Å². The lowest BCUT2D eigenvalue weighted by atomic mass is 9.93. The fraction of sp³-hybridized carbons (Fsp3) is 0.240. The maximum Gasteiger partial charge on any atom is 0.255 e. The van der Waals surface area contributed by atoms with Crippen LogP contribution in [0.1, 0.15) is 24.9 Å². The minimum Gasteiger partial charge on any atom is -0.383 e. The quantitative estimate of drug-likeness (QED) is 0.517. The number of fused-ring (bicyclic) bond motifs is 1. The number of allylic oxidation sites excluding steroid dienone is 1. The van der Waals surface area contributed by atoms with E-state index in [1.54, 1.807) is 13.2 Å². The Hall–Kier alpha value is -3.07. The normalized spacial score (nSPS) is 17.1. The number of hydrogen-bond donors (Lipinski definition) is 2. The molecule has 2 heterocycles. The second-order valence-electron chi connectivity index (χ2n) is 7.75. The van der Waals surface area contributed by atoms with Crippen LogP contribution in [0.3, 0.4) is 0 Å². The van der Waals surface area contributed by atoms with E-state index >= 15 is 0 Å². The van der Waals surface area contributed by atoms with Gasteiger partial charge in [-0.25, -0.2) is 4.99 Å². The zero-order valence-electron chi connectivity index (χ0n) is 18.9. The summed E-state index contributed by atoms with van der Waals surface area (Å²) in [7, 11) is 1.59. The largest absolute Gasteiger partial charge is 0.383 e. The molecule has 0 spiro atoms. The van der Waals surface area contributed by atoms with E-state index in [0.29, 0.717) is 40.3 Å². The van der Waals surface area contributed by atoms with Crippen molar-refractivity contribution in [1.82, 2.24) is 10.2 Å². The smallest absolute Gasteiger partial charge is 0.255 e. The number of carbonyl (C=O) groups is 2. The monoisotopic (exact) mass is 496 g/mol. The second kappa shape index (κ2) is 10.9. The summed E-state index contributed by atoms with van der Waals surface area (Å²) >= 11 is 8.05. The summed E-state index contributed by atoms with van der Waals surface area (Å²) in [4.78, 5) is 32.8. The summed E-state index contributed by atoms with van der Waals surface area (Å²) in [6, 6.07) is 16.2. The Kier molecular flexibility index (Phi) is 7.72. The Bertz CT molecular complexity index is 1180. The fourth-order valence-electron chi connectivity index (χ4n) is 3.89. The summed E-state index contributed by atoms with van der Waals surface area (Å²) in [6.45, 7) is 2.68. The van der Waals surface area contributed by atoms with Gasteiger partial charge >= 0.3 is 0 Å². The van der Waals surface area contributed by atoms with Crippen LogP contribution < -0.4 is 10.6 Å². The molecule has 34 heavy (non-hydrogen) atoms. The highest BCUT2D eigenvalue weighted by molar-refractivity contribution is 8.16. The van der Waals surface area contributed by atoms with Crippen molar-refractivity contribution in [2.75, 3.05) is 25.6 Å². The Morgan fingerprint density at radius 3 is 2.62 bits per heavy atom. The predicted octanol–water partition coefficient (Wildman–Crippen LogP) is 4.71. The molecule has 0 bridgehead atoms. The van der Waals surface area contributed by atoms with Crippen molar-refractivity contribution in [2.24, 2.45) is 4.99 Å². The third-order valence-corrected chi connectivity index (χ3v) is 6.68. The summed E-state index contributed by atoms with van der Waals surface area (Å²) in [5.74, 6) is -0.401. The van der Waals surface area contributed by atoms with Crippen LogP contribution in [-0.4, -0.2) is 42.1 Å². The van der Waals surface area contributed by atoms with Gasteiger partial charge in [-0.15, -0.1) is 0 Å². The molecule has 2 amide bonds. The molecule has 2 aliphatic heterocycles. The maximum atomic E-state index is 13.5. The summed E-state index contributed by atoms with van der Waals surface area (Å²) < 4.78 is 5.01. The average Bonchev–Trinajstić information content (AvgIpc) is 3.21. The van der Waals surface area contributed by atoms with Crippen molar-refractivity contribution in [1.29, 1.82) is 0 Å². The number of ether oxygens (including phenoxy) is 1. The number of carbonyl (C=O) groups excluding carboxylic acids is 2. The van der Waals surface area contributed by atoms with Gasteiger partial charge in [-0.1, -0.05) is 59.8 Å². The highest BCUT2D eigenvalue weighted by atomic mass is 35.5. The number of amidine groups is 1. The molecule has 0 saturated carbocycles. The van der Waals surface area contributed by atoms with E-state index in [4.69, 9.17) is 21.3 Å². The van der Waals surface area contributed by atoms with Crippen LogP contribution in [0.15, 0.2) is 82.0 Å². The molecule has 4 rings (SSSR count). The number of para-hydroxylation sites is 1. The first-order valence-corrected chi connectivity index (χ1v) is 12.1. The van der Waals surface area contributed by atoms with Gasteiger partial charge in [0.2, 0.25) is 5.91 Å². The van der Waals surface area contributed by atoms with Crippen LogP contribution in [0, 0.1) is 0 Å². The van der Waals surface area contributed by atoms with E-state index in [2.05, 4.69) is 10.6 Å². The number of nitrogens with one attached hydrogen (secondary N) is 2. The predicted molar refractivity (Wildman–Crippen MR) is 136 cm³/mol. The van der Waals surface area contributed by atoms with Gasteiger partial charge in [-0.2, -0.15) is 0 Å². The molecule has 0 aliphatic carbocycles. The topological polar surface area (TPSA) is 83.0 Å². The van der Waals surface area contributed by atoms with E-state index in [1.165, 1.54) is 11.8 Å². The lowest BCUT2D eigenvalue weighted by Crippen LogP contribution is -2.39. The third kappa shape index (κ3) is 5.19. The molecule has 2 aromatic rings. The first-order valence-electron chi connectivity index (χ1n) is 10.8. The lowest BCUT2D eigenvalue weighted by Gasteiger charge is -2.37. The zero-order valence-corrected chi connectivity index (χ0v) is 20.4. The number of thioether (sulfide) groups is 1. The van der Waals surface area contributed by atoms with Gasteiger partial charge in [0.05, 0.1) is 30.3 Å². The number of nitrogens with zero attached hydrogens (tertiary/aromatic N) is 2. The maximum absolute atomic E-state index is 13.5. The van der Waals surface area contributed by atoms with Crippen molar-refractivity contribution in [2.45, 2.75) is 19.4 Å². The van der Waals surface area contributed by atoms with Crippen molar-refractivity contribution >= 4 is 46.0 Å². The molecule has 176 valence electrons. The highest BCUT2D eigenvalue weighted by Crippen LogP contribution is 2.46. The molecule has 0 fully saturated rings. The van der Waals surface area contributed by atoms with E-state index in [1.807, 2.05) is 65.8 Å². The van der Waals surface area contributed by atoms with Gasteiger partial charge < -0.3 is 20.3 Å². The van der Waals surface area contributed by atoms with E-state index in [0.717, 1.165) is 11.3 Å². The summed E-state index contributed by atoms with van der Waals surface area (Å²) in [6.07, 6.45) is 0.142. The minimum absolute atomic E-state index is 0.135. The van der Waals surface area contributed by atoms with Crippen LogP contribution in [0.5, 0.6) is 0 Å². The Labute approximate surface area is 207 Å². The first-order chi connectivity index (χ1) is 16.5. The minimum atomic E-state index is -0.530. The van der Waals surface area contributed by atoms with Crippen LogP contribution >= 0.6 is 23.4 Å². The zero-order chi connectivity index (χ0) is 24.1. The van der Waals surface area contributed by atoms with Gasteiger partial charge in [0.15, 0.2) is 5.17 Å². The van der Waals surface area contributed by atoms with Crippen molar-refractivity contribution in [3.8, 4) is 0 Å². The SMILES string of the molecule is COCCNC(=O)CC1=CSC2=NC(C)=C(C(=O)Nc3ccccc3)C(c3ccccc3Cl)N12. The van der Waals surface area contributed by atoms with Crippen molar-refractivity contribution in [3.05, 3.63) is 87.6 Å². The van der Waals surface area contributed by atoms with Gasteiger partial charge in [0, 0.05) is 30.1 Å². The molecule has 2 aromatic carbocycles. The standard InChI is InChI=1S/C25H25ClN4O3S/c1-16-22(24(32)29-17-8-4-3-5-9-17)23(19-10-6-7-11-20(19)26)30-18(15-34-25(30)28-16)14-21(31)27-12-13-33-2/h3-11,15,23H,12-14H2,1-2H3,(H,27,31)(H,29,32). The molecule has 9 heteroatoms. The van der Waals surface area contributed by atoms with Crippen LogP contribution in [-0.2, 0) is 14.3 Å². The van der Waals surface area contributed by atoms with Gasteiger partial charge in [-0.3, -0.25) is 9.59 Å². The Morgan fingerprint density at radius 1 is 1.15 bits per heavy atom. The Balaban J connectivity index is 1.69. The number of anilines is 1. The first kappa shape index (κ1) is 24.1. The van der Waals surface area contributed by atoms with E-state index < -0.39 is 6.04 Å². The van der Waals surface area contributed by atoms with Crippen molar-refractivity contribution in [3.63, 3.8) is 0 Å². The van der Waals surface area contributed by atoms with Gasteiger partial charge in [0.1, 0.15) is 0 Å². The summed E-state index contributed by atoms with van der Waals surface area (Å²) in [5.41, 5.74) is 3.29. The molecule has 7 nitrogen and oxygen atoms in total. The van der Waals surface area contributed by atoms with E-state index in [-0.39, 0.29) is 18.2 Å².